The largest absolute Gasteiger partial charge is 0.351 e. The third-order valence-corrected chi connectivity index (χ3v) is 5.36. The van der Waals surface area contributed by atoms with Gasteiger partial charge in [-0.15, -0.1) is 0 Å². The van der Waals surface area contributed by atoms with Gasteiger partial charge in [-0.2, -0.15) is 0 Å². The predicted octanol–water partition coefficient (Wildman–Crippen LogP) is 3.58. The molecule has 0 aliphatic rings. The fraction of sp³-hybridized carbons (Fsp3) is 0.471. The van der Waals surface area contributed by atoms with Crippen LogP contribution in [0.2, 0.25) is 0 Å². The molecule has 1 N–H and O–H groups in total. The van der Waals surface area contributed by atoms with Gasteiger partial charge in [0, 0.05) is 16.6 Å². The van der Waals surface area contributed by atoms with E-state index < -0.39 is 0 Å². The second-order valence-electron chi connectivity index (χ2n) is 6.18. The van der Waals surface area contributed by atoms with Gasteiger partial charge in [0.2, 0.25) is 5.91 Å². The molecule has 5 nitrogen and oxygen atoms in total. The molecule has 0 radical (unpaired) electrons. The van der Waals surface area contributed by atoms with Crippen LogP contribution in [0.15, 0.2) is 32.6 Å². The Bertz CT molecular complexity index is 817. The summed E-state index contributed by atoms with van der Waals surface area (Å²) < 4.78 is 2.45. The number of hydrogen-bond acceptors (Lipinski definition) is 4. The number of hydrogen-bond donors (Lipinski definition) is 1. The van der Waals surface area contributed by atoms with Crippen LogP contribution in [0.4, 0.5) is 0 Å². The van der Waals surface area contributed by atoms with E-state index in [1.54, 1.807) is 10.6 Å². The maximum atomic E-state index is 12.6. The summed E-state index contributed by atoms with van der Waals surface area (Å²) in [6.07, 6.45) is 0.853. The van der Waals surface area contributed by atoms with Crippen molar-refractivity contribution in [2.24, 2.45) is 0 Å². The Morgan fingerprint density at radius 3 is 2.71 bits per heavy atom. The molecule has 2 aromatic rings. The zero-order valence-electron chi connectivity index (χ0n) is 14.4. The summed E-state index contributed by atoms with van der Waals surface area (Å²) in [4.78, 5) is 29.3. The van der Waals surface area contributed by atoms with Crippen molar-refractivity contribution < 1.29 is 4.79 Å². The number of rotatable bonds is 6. The van der Waals surface area contributed by atoms with Crippen LogP contribution in [-0.2, 0) is 11.3 Å². The standard InChI is InChI=1S/C17H22BrN3O2S/c1-5-17(3,4)20-14(22)10-24-16-19-13-8-7-11(18)9-12(13)15(23)21(16)6-2/h7-9H,5-6,10H2,1-4H3,(H,20,22). The van der Waals surface area contributed by atoms with Crippen LogP contribution in [0, 0.1) is 0 Å². The van der Waals surface area contributed by atoms with Crippen molar-refractivity contribution in [2.75, 3.05) is 5.75 Å². The van der Waals surface area contributed by atoms with Gasteiger partial charge in [0.1, 0.15) is 0 Å². The van der Waals surface area contributed by atoms with Crippen LogP contribution in [0.25, 0.3) is 10.9 Å². The van der Waals surface area contributed by atoms with Gasteiger partial charge in [0.25, 0.3) is 5.56 Å². The Kier molecular flexibility index (Phi) is 6.09. The molecular formula is C17H22BrN3O2S. The second-order valence-corrected chi connectivity index (χ2v) is 8.04. The minimum absolute atomic E-state index is 0.0559. The highest BCUT2D eigenvalue weighted by atomic mass is 79.9. The molecule has 1 heterocycles. The van der Waals surface area contributed by atoms with Gasteiger partial charge in [0.05, 0.1) is 16.7 Å². The minimum atomic E-state index is -0.231. The summed E-state index contributed by atoms with van der Waals surface area (Å²) in [5.74, 6) is 0.178. The molecule has 0 bridgehead atoms. The van der Waals surface area contributed by atoms with Crippen molar-refractivity contribution in [3.05, 3.63) is 33.0 Å². The Labute approximate surface area is 154 Å². The van der Waals surface area contributed by atoms with Crippen LogP contribution in [0.5, 0.6) is 0 Å². The molecule has 0 spiro atoms. The smallest absolute Gasteiger partial charge is 0.262 e. The van der Waals surface area contributed by atoms with Crippen molar-refractivity contribution in [2.45, 2.75) is 51.4 Å². The topological polar surface area (TPSA) is 64.0 Å². The molecule has 0 saturated carbocycles. The molecule has 2 rings (SSSR count). The molecule has 0 aliphatic heterocycles. The molecule has 7 heteroatoms. The van der Waals surface area contributed by atoms with Gasteiger partial charge in [-0.25, -0.2) is 4.98 Å². The zero-order valence-corrected chi connectivity index (χ0v) is 16.8. The van der Waals surface area contributed by atoms with E-state index in [4.69, 9.17) is 0 Å². The first kappa shape index (κ1) is 19.0. The first-order valence-corrected chi connectivity index (χ1v) is 9.69. The van der Waals surface area contributed by atoms with E-state index in [1.807, 2.05) is 39.8 Å². The van der Waals surface area contributed by atoms with Crippen LogP contribution in [-0.4, -0.2) is 26.8 Å². The lowest BCUT2D eigenvalue weighted by atomic mass is 10.0. The van der Waals surface area contributed by atoms with Crippen molar-refractivity contribution in [1.82, 2.24) is 14.9 Å². The van der Waals surface area contributed by atoms with Crippen molar-refractivity contribution in [3.8, 4) is 0 Å². The Morgan fingerprint density at radius 1 is 1.38 bits per heavy atom. The molecule has 0 saturated heterocycles. The van der Waals surface area contributed by atoms with E-state index >= 15 is 0 Å². The molecule has 24 heavy (non-hydrogen) atoms. The average Bonchev–Trinajstić information content (AvgIpc) is 2.53. The van der Waals surface area contributed by atoms with Crippen LogP contribution < -0.4 is 10.9 Å². The monoisotopic (exact) mass is 411 g/mol. The predicted molar refractivity (Wildman–Crippen MR) is 103 cm³/mol. The molecule has 0 atom stereocenters. The van der Waals surface area contributed by atoms with Crippen molar-refractivity contribution in [1.29, 1.82) is 0 Å². The number of amides is 1. The molecule has 0 unspecified atom stereocenters. The third-order valence-electron chi connectivity index (χ3n) is 3.89. The number of nitrogens with zero attached hydrogens (tertiary/aromatic N) is 2. The van der Waals surface area contributed by atoms with Crippen molar-refractivity contribution >= 4 is 44.5 Å². The van der Waals surface area contributed by atoms with E-state index in [1.165, 1.54) is 11.8 Å². The highest BCUT2D eigenvalue weighted by Crippen LogP contribution is 2.20. The normalized spacial score (nSPS) is 11.7. The van der Waals surface area contributed by atoms with Gasteiger partial charge in [0.15, 0.2) is 5.16 Å². The van der Waals surface area contributed by atoms with E-state index in [9.17, 15) is 9.59 Å². The number of carbonyl (C=O) groups is 1. The Morgan fingerprint density at radius 2 is 2.08 bits per heavy atom. The first-order chi connectivity index (χ1) is 11.3. The van der Waals surface area contributed by atoms with Crippen molar-refractivity contribution in [3.63, 3.8) is 0 Å². The number of aromatic nitrogens is 2. The number of halogens is 1. The number of fused-ring (bicyclic) bond motifs is 1. The highest BCUT2D eigenvalue weighted by molar-refractivity contribution is 9.10. The maximum absolute atomic E-state index is 12.6. The van der Waals surface area contributed by atoms with E-state index in [-0.39, 0.29) is 22.8 Å². The summed E-state index contributed by atoms with van der Waals surface area (Å²) in [6, 6.07) is 5.45. The third kappa shape index (κ3) is 4.39. The van der Waals surface area contributed by atoms with Crippen LogP contribution in [0.1, 0.15) is 34.1 Å². The van der Waals surface area contributed by atoms with E-state index in [2.05, 4.69) is 26.2 Å². The molecule has 1 aromatic carbocycles. The van der Waals surface area contributed by atoms with E-state index in [0.717, 1.165) is 10.9 Å². The lowest BCUT2D eigenvalue weighted by Gasteiger charge is -2.24. The lowest BCUT2D eigenvalue weighted by Crippen LogP contribution is -2.43. The summed E-state index contributed by atoms with van der Waals surface area (Å²) >= 11 is 4.67. The summed E-state index contributed by atoms with van der Waals surface area (Å²) in [5.41, 5.74) is 0.329. The van der Waals surface area contributed by atoms with Gasteiger partial charge in [-0.3, -0.25) is 14.2 Å². The van der Waals surface area contributed by atoms with Gasteiger partial charge in [-0.05, 0) is 45.4 Å². The van der Waals surface area contributed by atoms with Gasteiger partial charge in [-0.1, -0.05) is 34.6 Å². The van der Waals surface area contributed by atoms with Gasteiger partial charge < -0.3 is 5.32 Å². The molecule has 130 valence electrons. The number of thioether (sulfide) groups is 1. The Balaban J connectivity index is 2.27. The SMILES string of the molecule is CCn1c(SCC(=O)NC(C)(C)CC)nc2ccc(Br)cc2c1=O. The van der Waals surface area contributed by atoms with Crippen LogP contribution in [0.3, 0.4) is 0 Å². The number of nitrogens with one attached hydrogen (secondary N) is 1. The highest BCUT2D eigenvalue weighted by Gasteiger charge is 2.19. The molecule has 0 fully saturated rings. The molecule has 1 amide bonds. The molecule has 0 aliphatic carbocycles. The summed E-state index contributed by atoms with van der Waals surface area (Å²) in [5, 5.41) is 4.14. The Hall–Kier alpha value is -1.34. The zero-order chi connectivity index (χ0) is 17.9. The summed E-state index contributed by atoms with van der Waals surface area (Å²) in [7, 11) is 0. The van der Waals surface area contributed by atoms with Crippen LogP contribution >= 0.6 is 27.7 Å². The maximum Gasteiger partial charge on any atom is 0.262 e. The minimum Gasteiger partial charge on any atom is -0.351 e. The molecule has 1 aromatic heterocycles. The number of benzene rings is 1. The average molecular weight is 412 g/mol. The molecular weight excluding hydrogens is 390 g/mol. The summed E-state index contributed by atoms with van der Waals surface area (Å²) in [6.45, 7) is 8.43. The first-order valence-electron chi connectivity index (χ1n) is 7.91. The van der Waals surface area contributed by atoms with Gasteiger partial charge >= 0.3 is 0 Å². The lowest BCUT2D eigenvalue weighted by molar-refractivity contribution is -0.120. The fourth-order valence-electron chi connectivity index (χ4n) is 2.19. The second kappa shape index (κ2) is 7.70. The number of carbonyl (C=O) groups excluding carboxylic acids is 1. The fourth-order valence-corrected chi connectivity index (χ4v) is 3.42. The van der Waals surface area contributed by atoms with E-state index in [0.29, 0.717) is 22.6 Å². The quantitative estimate of drug-likeness (QED) is 0.582.